The zero-order valence-corrected chi connectivity index (χ0v) is 17.0. The van der Waals surface area contributed by atoms with Crippen LogP contribution in [0.5, 0.6) is 0 Å². The summed E-state index contributed by atoms with van der Waals surface area (Å²) in [5.74, 6) is 0.156. The van der Waals surface area contributed by atoms with E-state index in [9.17, 15) is 9.59 Å². The molecule has 5 aromatic rings. The van der Waals surface area contributed by atoms with E-state index in [0.29, 0.717) is 21.0 Å². The summed E-state index contributed by atoms with van der Waals surface area (Å²) in [5, 5.41) is 9.00. The lowest BCUT2D eigenvalue weighted by Crippen LogP contribution is -2.22. The Balaban J connectivity index is 1.56. The molecule has 0 aliphatic heterocycles. The lowest BCUT2D eigenvalue weighted by Gasteiger charge is -1.98. The molecule has 0 atom stereocenters. The topological polar surface area (TPSA) is 84.8 Å². The highest BCUT2D eigenvalue weighted by Crippen LogP contribution is 2.24. The second kappa shape index (κ2) is 6.68. The molecule has 5 rings (SSSR count). The van der Waals surface area contributed by atoms with Crippen LogP contribution in [0, 0.1) is 0 Å². The Morgan fingerprint density at radius 2 is 1.93 bits per heavy atom. The molecular formula is C21H11BrN2O4S. The first-order valence-electron chi connectivity index (χ1n) is 8.55. The van der Waals surface area contributed by atoms with Gasteiger partial charge in [-0.15, -0.1) is 0 Å². The Morgan fingerprint density at radius 1 is 1.14 bits per heavy atom. The third-order valence-electron chi connectivity index (χ3n) is 4.52. The Labute approximate surface area is 175 Å². The van der Waals surface area contributed by atoms with Crippen LogP contribution in [-0.2, 0) is 0 Å². The van der Waals surface area contributed by atoms with Crippen molar-refractivity contribution in [1.29, 1.82) is 0 Å². The highest BCUT2D eigenvalue weighted by molar-refractivity contribution is 9.10. The molecule has 0 spiro atoms. The summed E-state index contributed by atoms with van der Waals surface area (Å²) in [5.41, 5.74) is 2.36. The summed E-state index contributed by atoms with van der Waals surface area (Å²) in [4.78, 5) is 29.0. The van der Waals surface area contributed by atoms with Crippen molar-refractivity contribution in [2.24, 2.45) is 0 Å². The van der Waals surface area contributed by atoms with Gasteiger partial charge in [0.15, 0.2) is 4.96 Å². The van der Waals surface area contributed by atoms with Gasteiger partial charge in [-0.05, 0) is 42.5 Å². The first-order valence-corrected chi connectivity index (χ1v) is 10.2. The van der Waals surface area contributed by atoms with Gasteiger partial charge in [-0.25, -0.2) is 14.2 Å². The number of thiazole rings is 1. The molecule has 29 heavy (non-hydrogen) atoms. The first-order chi connectivity index (χ1) is 14.0. The second-order valence-electron chi connectivity index (χ2n) is 6.36. The van der Waals surface area contributed by atoms with E-state index in [4.69, 9.17) is 9.52 Å². The van der Waals surface area contributed by atoms with Gasteiger partial charge in [-0.3, -0.25) is 4.79 Å². The molecule has 2 aromatic carbocycles. The number of aromatic nitrogens is 2. The molecule has 0 saturated carbocycles. The molecule has 0 fully saturated rings. The predicted octanol–water partition coefficient (Wildman–Crippen LogP) is 4.18. The van der Waals surface area contributed by atoms with Crippen LogP contribution in [0.1, 0.15) is 16.1 Å². The van der Waals surface area contributed by atoms with Crippen LogP contribution in [-0.4, -0.2) is 20.5 Å². The smallest absolute Gasteiger partial charge is 0.335 e. The third kappa shape index (κ3) is 3.06. The number of hydrogen-bond donors (Lipinski definition) is 1. The molecule has 3 aromatic heterocycles. The van der Waals surface area contributed by atoms with Gasteiger partial charge in [0, 0.05) is 16.1 Å². The van der Waals surface area contributed by atoms with Crippen molar-refractivity contribution < 1.29 is 14.3 Å². The van der Waals surface area contributed by atoms with Crippen molar-refractivity contribution in [2.75, 3.05) is 0 Å². The van der Waals surface area contributed by atoms with Gasteiger partial charge in [0.25, 0.3) is 5.56 Å². The highest BCUT2D eigenvalue weighted by atomic mass is 79.9. The molecule has 0 aliphatic rings. The van der Waals surface area contributed by atoms with E-state index in [1.165, 1.54) is 23.5 Å². The number of halogens is 1. The number of aromatic carboxylic acids is 1. The van der Waals surface area contributed by atoms with Crippen molar-refractivity contribution >= 4 is 55.3 Å². The zero-order chi connectivity index (χ0) is 20.1. The van der Waals surface area contributed by atoms with Crippen LogP contribution in [0.25, 0.3) is 33.4 Å². The minimum Gasteiger partial charge on any atom is -0.478 e. The van der Waals surface area contributed by atoms with E-state index >= 15 is 0 Å². The number of hydrogen-bond acceptors (Lipinski definition) is 5. The maximum Gasteiger partial charge on any atom is 0.335 e. The molecule has 0 radical (unpaired) electrons. The molecule has 8 heteroatoms. The second-order valence-corrected chi connectivity index (χ2v) is 8.29. The minimum absolute atomic E-state index is 0.140. The molecule has 0 unspecified atom stereocenters. The lowest BCUT2D eigenvalue weighted by atomic mass is 10.1. The molecule has 0 bridgehead atoms. The Kier molecular flexibility index (Phi) is 4.11. The van der Waals surface area contributed by atoms with E-state index in [1.807, 2.05) is 18.2 Å². The number of carbonyl (C=O) groups is 1. The predicted molar refractivity (Wildman–Crippen MR) is 114 cm³/mol. The SMILES string of the molecule is O=C(O)c1ccc(-c2ccc(/C=c3\sc4nc5cc(Br)ccc5n4c3=O)o2)cc1. The van der Waals surface area contributed by atoms with Crippen molar-refractivity contribution in [2.45, 2.75) is 0 Å². The van der Waals surface area contributed by atoms with Crippen LogP contribution < -0.4 is 10.1 Å². The number of fused-ring (bicyclic) bond motifs is 3. The summed E-state index contributed by atoms with van der Waals surface area (Å²) < 4.78 is 8.88. The van der Waals surface area contributed by atoms with Gasteiger partial charge in [-0.1, -0.05) is 39.4 Å². The van der Waals surface area contributed by atoms with Crippen molar-refractivity contribution in [3.05, 3.63) is 85.3 Å². The summed E-state index contributed by atoms with van der Waals surface area (Å²) in [6.07, 6.45) is 1.70. The van der Waals surface area contributed by atoms with E-state index in [2.05, 4.69) is 20.9 Å². The Hall–Kier alpha value is -3.23. The molecule has 6 nitrogen and oxygen atoms in total. The number of carboxylic acid groups (broad SMARTS) is 1. The van der Waals surface area contributed by atoms with E-state index in [1.54, 1.807) is 34.7 Å². The van der Waals surface area contributed by atoms with Gasteiger partial charge in [0.2, 0.25) is 0 Å². The van der Waals surface area contributed by atoms with Crippen molar-refractivity contribution in [1.82, 2.24) is 9.38 Å². The maximum absolute atomic E-state index is 12.9. The fraction of sp³-hybridized carbons (Fsp3) is 0. The van der Waals surface area contributed by atoms with E-state index in [0.717, 1.165) is 21.1 Å². The van der Waals surface area contributed by atoms with Crippen LogP contribution >= 0.6 is 27.3 Å². The van der Waals surface area contributed by atoms with Crippen molar-refractivity contribution in [3.63, 3.8) is 0 Å². The quantitative estimate of drug-likeness (QED) is 0.431. The Morgan fingerprint density at radius 3 is 2.69 bits per heavy atom. The van der Waals surface area contributed by atoms with E-state index < -0.39 is 5.97 Å². The van der Waals surface area contributed by atoms with Crippen molar-refractivity contribution in [3.8, 4) is 11.3 Å². The van der Waals surface area contributed by atoms with Gasteiger partial charge < -0.3 is 9.52 Å². The molecule has 142 valence electrons. The van der Waals surface area contributed by atoms with Gasteiger partial charge in [0.1, 0.15) is 16.1 Å². The number of furan rings is 1. The van der Waals surface area contributed by atoms with Crippen LogP contribution in [0.2, 0.25) is 0 Å². The number of carboxylic acids is 1. The molecule has 0 amide bonds. The zero-order valence-electron chi connectivity index (χ0n) is 14.6. The lowest BCUT2D eigenvalue weighted by molar-refractivity contribution is 0.0697. The largest absolute Gasteiger partial charge is 0.478 e. The molecule has 0 saturated heterocycles. The average Bonchev–Trinajstić information content (AvgIpc) is 3.38. The summed E-state index contributed by atoms with van der Waals surface area (Å²) >= 11 is 4.72. The summed E-state index contributed by atoms with van der Waals surface area (Å²) in [6, 6.07) is 15.6. The third-order valence-corrected chi connectivity index (χ3v) is 5.98. The molecule has 0 aliphatic carbocycles. The standard InChI is InChI=1S/C21H11BrN2O4S/c22-13-5-7-16-15(9-13)23-21-24(16)19(25)18(29-21)10-14-6-8-17(28-14)11-1-3-12(4-2-11)20(26)27/h1-10H,(H,26,27)/b18-10-. The number of nitrogens with zero attached hydrogens (tertiary/aromatic N) is 2. The number of benzene rings is 2. The molecular weight excluding hydrogens is 456 g/mol. The summed E-state index contributed by atoms with van der Waals surface area (Å²) in [6.45, 7) is 0. The number of imidazole rings is 1. The average molecular weight is 467 g/mol. The van der Waals surface area contributed by atoms with Crippen LogP contribution in [0.4, 0.5) is 0 Å². The fourth-order valence-corrected chi connectivity index (χ4v) is 4.45. The number of rotatable bonds is 3. The van der Waals surface area contributed by atoms with Gasteiger partial charge >= 0.3 is 5.97 Å². The normalized spacial score (nSPS) is 12.2. The first kappa shape index (κ1) is 17.8. The maximum atomic E-state index is 12.9. The van der Waals surface area contributed by atoms with Crippen LogP contribution in [0.15, 0.2) is 68.3 Å². The molecule has 3 heterocycles. The van der Waals surface area contributed by atoms with Gasteiger partial charge in [-0.2, -0.15) is 0 Å². The minimum atomic E-state index is -0.976. The molecule has 1 N–H and O–H groups in total. The monoisotopic (exact) mass is 466 g/mol. The fourth-order valence-electron chi connectivity index (χ4n) is 3.13. The Bertz CT molecular complexity index is 1510. The highest BCUT2D eigenvalue weighted by Gasteiger charge is 2.12. The summed E-state index contributed by atoms with van der Waals surface area (Å²) in [7, 11) is 0. The van der Waals surface area contributed by atoms with E-state index in [-0.39, 0.29) is 11.1 Å². The van der Waals surface area contributed by atoms with Crippen LogP contribution in [0.3, 0.4) is 0 Å². The van der Waals surface area contributed by atoms with Gasteiger partial charge in [0.05, 0.1) is 16.6 Å².